The van der Waals surface area contributed by atoms with Crippen molar-refractivity contribution in [1.82, 2.24) is 5.32 Å². The molecule has 3 nitrogen and oxygen atoms in total. The Balaban J connectivity index is 1.80. The van der Waals surface area contributed by atoms with Crippen LogP contribution in [0.15, 0.2) is 30.3 Å². The van der Waals surface area contributed by atoms with Gasteiger partial charge in [0.2, 0.25) is 0 Å². The molecule has 20 heavy (non-hydrogen) atoms. The van der Waals surface area contributed by atoms with Crippen LogP contribution >= 0.6 is 0 Å². The van der Waals surface area contributed by atoms with Gasteiger partial charge in [0.05, 0.1) is 5.75 Å². The monoisotopic (exact) mass is 295 g/mol. The molecule has 112 valence electrons. The van der Waals surface area contributed by atoms with Gasteiger partial charge in [-0.1, -0.05) is 30.3 Å². The number of hydrogen-bond donors (Lipinski definition) is 1. The third-order valence-corrected chi connectivity index (χ3v) is 5.18. The molecule has 1 aliphatic rings. The molecule has 0 saturated heterocycles. The van der Waals surface area contributed by atoms with E-state index in [1.54, 1.807) is 0 Å². The zero-order chi connectivity index (χ0) is 14.6. The van der Waals surface area contributed by atoms with Gasteiger partial charge in [-0.2, -0.15) is 0 Å². The molecule has 1 aromatic rings. The smallest absolute Gasteiger partial charge is 0.148 e. The van der Waals surface area contributed by atoms with Crippen LogP contribution in [0.2, 0.25) is 0 Å². The van der Waals surface area contributed by atoms with Gasteiger partial charge < -0.3 is 5.32 Å². The Hall–Kier alpha value is -0.870. The van der Waals surface area contributed by atoms with Gasteiger partial charge in [0.1, 0.15) is 9.84 Å². The highest BCUT2D eigenvalue weighted by molar-refractivity contribution is 7.90. The lowest BCUT2D eigenvalue weighted by molar-refractivity contribution is 0.326. The average Bonchev–Trinajstić information content (AvgIpc) is 2.38. The third-order valence-electron chi connectivity index (χ3n) is 4.07. The van der Waals surface area contributed by atoms with Crippen LogP contribution in [0.25, 0.3) is 0 Å². The van der Waals surface area contributed by atoms with Crippen LogP contribution in [-0.4, -0.2) is 32.5 Å². The molecule has 1 aromatic carbocycles. The van der Waals surface area contributed by atoms with Crippen LogP contribution in [0.3, 0.4) is 0 Å². The first-order valence-corrected chi connectivity index (χ1v) is 9.49. The van der Waals surface area contributed by atoms with Gasteiger partial charge in [-0.15, -0.1) is 0 Å². The summed E-state index contributed by atoms with van der Waals surface area (Å²) in [6.07, 6.45) is 5.94. The molecule has 0 aromatic heterocycles. The van der Waals surface area contributed by atoms with E-state index in [0.29, 0.717) is 12.0 Å². The van der Waals surface area contributed by atoms with Crippen molar-refractivity contribution in [1.29, 1.82) is 0 Å². The number of nitrogens with one attached hydrogen (secondary N) is 1. The fourth-order valence-corrected chi connectivity index (χ4v) is 4.23. The summed E-state index contributed by atoms with van der Waals surface area (Å²) in [5, 5.41) is 3.47. The lowest BCUT2D eigenvalue weighted by Crippen LogP contribution is -2.42. The van der Waals surface area contributed by atoms with E-state index in [9.17, 15) is 8.42 Å². The number of rotatable bonds is 5. The van der Waals surface area contributed by atoms with E-state index in [4.69, 9.17) is 0 Å². The maximum atomic E-state index is 11.3. The Labute approximate surface area is 122 Å². The average molecular weight is 295 g/mol. The van der Waals surface area contributed by atoms with Crippen molar-refractivity contribution in [3.05, 3.63) is 35.9 Å². The summed E-state index contributed by atoms with van der Waals surface area (Å²) in [5.74, 6) is 0.894. The molecule has 2 rings (SSSR count). The van der Waals surface area contributed by atoms with E-state index in [0.717, 1.165) is 12.8 Å². The molecule has 0 spiro atoms. The van der Waals surface area contributed by atoms with Crippen molar-refractivity contribution >= 4 is 9.84 Å². The Morgan fingerprint density at radius 1 is 1.15 bits per heavy atom. The summed E-state index contributed by atoms with van der Waals surface area (Å²) >= 11 is 0. The Morgan fingerprint density at radius 2 is 1.75 bits per heavy atom. The van der Waals surface area contributed by atoms with E-state index in [-0.39, 0.29) is 11.8 Å². The fraction of sp³-hybridized carbons (Fsp3) is 0.625. The molecule has 0 aliphatic heterocycles. The first-order valence-electron chi connectivity index (χ1n) is 7.43. The summed E-state index contributed by atoms with van der Waals surface area (Å²) in [5.41, 5.74) is 1.44. The minimum Gasteiger partial charge on any atom is -0.310 e. The maximum Gasteiger partial charge on any atom is 0.148 e. The second-order valence-electron chi connectivity index (χ2n) is 6.12. The SMILES string of the molecule is CC(CS(C)(=O)=O)NC1CCC(c2ccccc2)CC1. The lowest BCUT2D eigenvalue weighted by atomic mass is 9.81. The first kappa shape index (κ1) is 15.5. The van der Waals surface area contributed by atoms with E-state index < -0.39 is 9.84 Å². The van der Waals surface area contributed by atoms with Gasteiger partial charge in [-0.25, -0.2) is 8.42 Å². The molecule has 1 N–H and O–H groups in total. The van der Waals surface area contributed by atoms with Crippen LogP contribution in [0.5, 0.6) is 0 Å². The van der Waals surface area contributed by atoms with Crippen LogP contribution in [-0.2, 0) is 9.84 Å². The Kier molecular flexibility index (Phi) is 5.22. The van der Waals surface area contributed by atoms with Gasteiger partial charge >= 0.3 is 0 Å². The number of sulfone groups is 1. The van der Waals surface area contributed by atoms with E-state index in [2.05, 4.69) is 35.6 Å². The second-order valence-corrected chi connectivity index (χ2v) is 8.30. The van der Waals surface area contributed by atoms with Crippen molar-refractivity contribution in [2.24, 2.45) is 0 Å². The normalized spacial score (nSPS) is 25.3. The van der Waals surface area contributed by atoms with Gasteiger partial charge in [0.15, 0.2) is 0 Å². The molecule has 0 bridgehead atoms. The summed E-state index contributed by atoms with van der Waals surface area (Å²) in [6, 6.07) is 11.2. The molecule has 4 heteroatoms. The van der Waals surface area contributed by atoms with E-state index in [1.165, 1.54) is 24.7 Å². The molecular formula is C16H25NO2S. The summed E-state index contributed by atoms with van der Waals surface area (Å²) in [4.78, 5) is 0. The summed E-state index contributed by atoms with van der Waals surface area (Å²) in [7, 11) is -2.89. The highest BCUT2D eigenvalue weighted by Gasteiger charge is 2.23. The van der Waals surface area contributed by atoms with Crippen molar-refractivity contribution in [3.63, 3.8) is 0 Å². The number of hydrogen-bond acceptors (Lipinski definition) is 3. The molecule has 1 fully saturated rings. The van der Waals surface area contributed by atoms with Gasteiger partial charge in [0.25, 0.3) is 0 Å². The third kappa shape index (κ3) is 4.91. The zero-order valence-corrected chi connectivity index (χ0v) is 13.2. The fourth-order valence-electron chi connectivity index (χ4n) is 3.22. The summed E-state index contributed by atoms with van der Waals surface area (Å²) in [6.45, 7) is 1.96. The standard InChI is InChI=1S/C16H25NO2S/c1-13(12-20(2,18)19)17-16-10-8-15(9-11-16)14-6-4-3-5-7-14/h3-7,13,15-17H,8-12H2,1-2H3. The van der Waals surface area contributed by atoms with Crippen LogP contribution in [0, 0.1) is 0 Å². The zero-order valence-electron chi connectivity index (χ0n) is 12.4. The number of benzene rings is 1. The van der Waals surface area contributed by atoms with Crippen LogP contribution < -0.4 is 5.32 Å². The van der Waals surface area contributed by atoms with Crippen molar-refractivity contribution in [2.45, 2.75) is 50.6 Å². The minimum atomic E-state index is -2.89. The van der Waals surface area contributed by atoms with E-state index >= 15 is 0 Å². The molecule has 1 saturated carbocycles. The molecule has 1 unspecified atom stereocenters. The highest BCUT2D eigenvalue weighted by Crippen LogP contribution is 2.32. The van der Waals surface area contributed by atoms with Crippen LogP contribution in [0.4, 0.5) is 0 Å². The molecule has 0 radical (unpaired) electrons. The van der Waals surface area contributed by atoms with Gasteiger partial charge in [-0.3, -0.25) is 0 Å². The van der Waals surface area contributed by atoms with Crippen LogP contribution in [0.1, 0.15) is 44.1 Å². The molecule has 0 amide bonds. The predicted octanol–water partition coefficient (Wildman–Crippen LogP) is 2.74. The van der Waals surface area contributed by atoms with Crippen molar-refractivity contribution < 1.29 is 8.42 Å². The van der Waals surface area contributed by atoms with Crippen molar-refractivity contribution in [3.8, 4) is 0 Å². The lowest BCUT2D eigenvalue weighted by Gasteiger charge is -2.31. The van der Waals surface area contributed by atoms with E-state index in [1.807, 2.05) is 6.92 Å². The van der Waals surface area contributed by atoms with Gasteiger partial charge in [-0.05, 0) is 44.1 Å². The molecule has 1 aliphatic carbocycles. The Morgan fingerprint density at radius 3 is 2.30 bits per heavy atom. The largest absolute Gasteiger partial charge is 0.310 e. The molecular weight excluding hydrogens is 270 g/mol. The molecule has 1 atom stereocenters. The summed E-state index contributed by atoms with van der Waals surface area (Å²) < 4.78 is 22.6. The quantitative estimate of drug-likeness (QED) is 0.908. The topological polar surface area (TPSA) is 46.2 Å². The van der Waals surface area contributed by atoms with Gasteiger partial charge in [0, 0.05) is 18.3 Å². The highest BCUT2D eigenvalue weighted by atomic mass is 32.2. The first-order chi connectivity index (χ1) is 9.44. The second kappa shape index (κ2) is 6.72. The van der Waals surface area contributed by atoms with Crippen molar-refractivity contribution in [2.75, 3.05) is 12.0 Å². The Bertz CT molecular complexity index is 505. The predicted molar refractivity (Wildman–Crippen MR) is 83.7 cm³/mol. The molecule has 0 heterocycles. The maximum absolute atomic E-state index is 11.3. The minimum absolute atomic E-state index is 0.0447.